The number of nitrogens with one attached hydrogen (secondary N) is 2. The molecule has 2 amide bonds. The molecule has 0 radical (unpaired) electrons. The van der Waals surface area contributed by atoms with Crippen molar-refractivity contribution in [3.63, 3.8) is 0 Å². The lowest BCUT2D eigenvalue weighted by Gasteiger charge is -2.35. The Morgan fingerprint density at radius 1 is 1.42 bits per heavy atom. The molecule has 24 heavy (non-hydrogen) atoms. The first-order valence-electron chi connectivity index (χ1n) is 7.83. The van der Waals surface area contributed by atoms with Crippen molar-refractivity contribution >= 4 is 23.4 Å². The number of hydrogen-bond acceptors (Lipinski definition) is 4. The number of likely N-dealkylation sites (N-methyl/N-ethyl adjacent to an activating group) is 1. The summed E-state index contributed by atoms with van der Waals surface area (Å²) in [6.07, 6.45) is -0.819. The van der Waals surface area contributed by atoms with Gasteiger partial charge in [-0.2, -0.15) is 0 Å². The highest BCUT2D eigenvalue weighted by Crippen LogP contribution is 2.28. The standard InChI is InChI=1S/C17H24ClN3O3/c1-17(2,21(3)4)10-19-16(23)15-14(20-13(22)9-24-15)11-7-5-6-8-12(11)18/h5-8,14-15H,9-10H2,1-4H3,(H,19,23)(H,20,22)/t14-,15+/m1/s1. The molecule has 7 heteroatoms. The summed E-state index contributed by atoms with van der Waals surface area (Å²) in [4.78, 5) is 26.4. The van der Waals surface area contributed by atoms with Gasteiger partial charge in [-0.3, -0.25) is 9.59 Å². The van der Waals surface area contributed by atoms with Gasteiger partial charge in [0.05, 0.1) is 6.04 Å². The number of carbonyl (C=O) groups excluding carboxylic acids is 2. The summed E-state index contributed by atoms with van der Waals surface area (Å²) < 4.78 is 5.50. The first-order chi connectivity index (χ1) is 11.2. The highest BCUT2D eigenvalue weighted by atomic mass is 35.5. The van der Waals surface area contributed by atoms with Gasteiger partial charge in [0.25, 0.3) is 5.91 Å². The number of ether oxygens (including phenoxy) is 1. The fraction of sp³-hybridized carbons (Fsp3) is 0.529. The van der Waals surface area contributed by atoms with Crippen molar-refractivity contribution in [3.05, 3.63) is 34.9 Å². The van der Waals surface area contributed by atoms with Gasteiger partial charge in [-0.1, -0.05) is 29.8 Å². The molecule has 1 saturated heterocycles. The Hall–Kier alpha value is -1.63. The van der Waals surface area contributed by atoms with E-state index in [9.17, 15) is 9.59 Å². The number of benzene rings is 1. The minimum absolute atomic E-state index is 0.143. The molecular formula is C17H24ClN3O3. The predicted octanol–water partition coefficient (Wildman–Crippen LogP) is 1.35. The third kappa shape index (κ3) is 4.26. The molecular weight excluding hydrogens is 330 g/mol. The second kappa shape index (κ2) is 7.51. The van der Waals surface area contributed by atoms with Crippen molar-refractivity contribution in [2.24, 2.45) is 0 Å². The quantitative estimate of drug-likeness (QED) is 0.838. The van der Waals surface area contributed by atoms with Crippen LogP contribution in [0.3, 0.4) is 0 Å². The van der Waals surface area contributed by atoms with Gasteiger partial charge in [0, 0.05) is 17.1 Å². The van der Waals surface area contributed by atoms with E-state index in [0.717, 1.165) is 0 Å². The number of hydrogen-bond donors (Lipinski definition) is 2. The van der Waals surface area contributed by atoms with Gasteiger partial charge in [-0.25, -0.2) is 0 Å². The number of amides is 2. The van der Waals surface area contributed by atoms with Gasteiger partial charge in [0.1, 0.15) is 6.61 Å². The van der Waals surface area contributed by atoms with Gasteiger partial charge in [-0.15, -0.1) is 0 Å². The third-order valence-corrected chi connectivity index (χ3v) is 4.76. The molecule has 0 unspecified atom stereocenters. The van der Waals surface area contributed by atoms with Crippen molar-refractivity contribution in [3.8, 4) is 0 Å². The van der Waals surface area contributed by atoms with E-state index in [0.29, 0.717) is 17.1 Å². The first-order valence-corrected chi connectivity index (χ1v) is 8.20. The molecule has 132 valence electrons. The lowest BCUT2D eigenvalue weighted by atomic mass is 9.98. The number of carbonyl (C=O) groups is 2. The average Bonchev–Trinajstić information content (AvgIpc) is 2.53. The highest BCUT2D eigenvalue weighted by molar-refractivity contribution is 6.31. The van der Waals surface area contributed by atoms with Gasteiger partial charge in [0.2, 0.25) is 5.91 Å². The molecule has 1 aromatic rings. The SMILES string of the molecule is CN(C)C(C)(C)CNC(=O)[C@H]1OCC(=O)N[C@@H]1c1ccccc1Cl. The lowest BCUT2D eigenvalue weighted by molar-refractivity contribution is -0.148. The Labute approximate surface area is 147 Å². The maximum absolute atomic E-state index is 12.6. The van der Waals surface area contributed by atoms with E-state index in [1.54, 1.807) is 18.2 Å². The number of nitrogens with zero attached hydrogens (tertiary/aromatic N) is 1. The van der Waals surface area contributed by atoms with Crippen LogP contribution in [0.2, 0.25) is 5.02 Å². The van der Waals surface area contributed by atoms with E-state index in [1.165, 1.54) is 0 Å². The predicted molar refractivity (Wildman–Crippen MR) is 92.9 cm³/mol. The molecule has 1 aliphatic rings. The van der Waals surface area contributed by atoms with Crippen LogP contribution in [-0.4, -0.2) is 55.6 Å². The van der Waals surface area contributed by atoms with E-state index >= 15 is 0 Å². The zero-order valence-corrected chi connectivity index (χ0v) is 15.2. The molecule has 1 fully saturated rings. The third-order valence-electron chi connectivity index (χ3n) is 4.42. The molecule has 2 rings (SSSR count). The van der Waals surface area contributed by atoms with Gasteiger partial charge < -0.3 is 20.3 Å². The molecule has 2 atom stereocenters. The molecule has 1 aromatic carbocycles. The number of rotatable bonds is 5. The summed E-state index contributed by atoms with van der Waals surface area (Å²) in [5, 5.41) is 6.20. The van der Waals surface area contributed by atoms with E-state index in [2.05, 4.69) is 10.6 Å². The first kappa shape index (κ1) is 18.7. The Morgan fingerprint density at radius 3 is 2.71 bits per heavy atom. The van der Waals surface area contributed by atoms with Crippen LogP contribution in [0, 0.1) is 0 Å². The van der Waals surface area contributed by atoms with Crippen LogP contribution in [0.15, 0.2) is 24.3 Å². The zero-order chi connectivity index (χ0) is 17.9. The molecule has 0 aromatic heterocycles. The topological polar surface area (TPSA) is 70.7 Å². The van der Waals surface area contributed by atoms with Crippen LogP contribution in [0.25, 0.3) is 0 Å². The van der Waals surface area contributed by atoms with Crippen molar-refractivity contribution < 1.29 is 14.3 Å². The molecule has 1 aliphatic heterocycles. The van der Waals surface area contributed by atoms with Gasteiger partial charge in [-0.05, 0) is 39.6 Å². The summed E-state index contributed by atoms with van der Waals surface area (Å²) in [7, 11) is 3.91. The van der Waals surface area contributed by atoms with Crippen LogP contribution in [-0.2, 0) is 14.3 Å². The molecule has 0 bridgehead atoms. The lowest BCUT2D eigenvalue weighted by Crippen LogP contribution is -2.55. The van der Waals surface area contributed by atoms with E-state index in [1.807, 2.05) is 38.9 Å². The van der Waals surface area contributed by atoms with Crippen LogP contribution in [0.1, 0.15) is 25.5 Å². The van der Waals surface area contributed by atoms with Crippen LogP contribution in [0.5, 0.6) is 0 Å². The van der Waals surface area contributed by atoms with Crippen molar-refractivity contribution in [2.45, 2.75) is 31.5 Å². The summed E-state index contributed by atoms with van der Waals surface area (Å²) in [6.45, 7) is 4.38. The maximum atomic E-state index is 12.6. The Bertz CT molecular complexity index is 619. The van der Waals surface area contributed by atoms with Crippen molar-refractivity contribution in [2.75, 3.05) is 27.2 Å². The molecule has 1 heterocycles. The smallest absolute Gasteiger partial charge is 0.251 e. The number of halogens is 1. The molecule has 0 saturated carbocycles. The monoisotopic (exact) mass is 353 g/mol. The zero-order valence-electron chi connectivity index (χ0n) is 14.4. The molecule has 0 aliphatic carbocycles. The molecule has 2 N–H and O–H groups in total. The summed E-state index contributed by atoms with van der Waals surface area (Å²) in [5.74, 6) is -0.535. The Kier molecular flexibility index (Phi) is 5.85. The normalized spacial score (nSPS) is 21.5. The van der Waals surface area contributed by atoms with E-state index < -0.39 is 12.1 Å². The fourth-order valence-corrected chi connectivity index (χ4v) is 2.56. The van der Waals surface area contributed by atoms with Crippen LogP contribution < -0.4 is 10.6 Å². The molecule has 6 nitrogen and oxygen atoms in total. The Morgan fingerprint density at radius 2 is 2.08 bits per heavy atom. The Balaban J connectivity index is 2.15. The summed E-state index contributed by atoms with van der Waals surface area (Å²) >= 11 is 6.22. The van der Waals surface area contributed by atoms with Crippen LogP contribution >= 0.6 is 11.6 Å². The maximum Gasteiger partial charge on any atom is 0.251 e. The second-order valence-corrected chi connectivity index (χ2v) is 7.13. The summed E-state index contributed by atoms with van der Waals surface area (Å²) in [5.41, 5.74) is 0.465. The minimum Gasteiger partial charge on any atom is -0.356 e. The van der Waals surface area contributed by atoms with E-state index in [4.69, 9.17) is 16.3 Å². The van der Waals surface area contributed by atoms with Crippen molar-refractivity contribution in [1.29, 1.82) is 0 Å². The van der Waals surface area contributed by atoms with E-state index in [-0.39, 0.29) is 24.0 Å². The van der Waals surface area contributed by atoms with Crippen LogP contribution in [0.4, 0.5) is 0 Å². The summed E-state index contributed by atoms with van der Waals surface area (Å²) in [6, 6.07) is 6.51. The average molecular weight is 354 g/mol. The van der Waals surface area contributed by atoms with Gasteiger partial charge in [0.15, 0.2) is 6.10 Å². The van der Waals surface area contributed by atoms with Gasteiger partial charge >= 0.3 is 0 Å². The largest absolute Gasteiger partial charge is 0.356 e. The highest BCUT2D eigenvalue weighted by Gasteiger charge is 2.37. The number of morpholine rings is 1. The van der Waals surface area contributed by atoms with Crippen molar-refractivity contribution in [1.82, 2.24) is 15.5 Å². The minimum atomic E-state index is -0.819. The molecule has 0 spiro atoms. The fourth-order valence-electron chi connectivity index (χ4n) is 2.31. The second-order valence-electron chi connectivity index (χ2n) is 6.72.